The van der Waals surface area contributed by atoms with Crippen LogP contribution in [0.15, 0.2) is 0 Å². The molecule has 1 aromatic heterocycles. The van der Waals surface area contributed by atoms with E-state index in [0.29, 0.717) is 6.54 Å². The fourth-order valence-corrected chi connectivity index (χ4v) is 1.51. The second kappa shape index (κ2) is 4.28. The van der Waals surface area contributed by atoms with Crippen LogP contribution >= 0.6 is 0 Å². The fraction of sp³-hybridized carbons (Fsp3) is 0.667. The smallest absolute Gasteiger partial charge is 0.225 e. The van der Waals surface area contributed by atoms with E-state index in [4.69, 9.17) is 0 Å². The Kier molecular flexibility index (Phi) is 3.41. The average molecular weight is 223 g/mol. The Labute approximate surface area is 97.0 Å². The second-order valence-corrected chi connectivity index (χ2v) is 5.21. The van der Waals surface area contributed by atoms with Crippen molar-refractivity contribution in [2.24, 2.45) is 12.5 Å². The van der Waals surface area contributed by atoms with Crippen LogP contribution in [0, 0.1) is 19.3 Å². The van der Waals surface area contributed by atoms with Crippen molar-refractivity contribution in [3.63, 3.8) is 0 Å². The highest BCUT2D eigenvalue weighted by Gasteiger charge is 2.21. The molecule has 90 valence electrons. The van der Waals surface area contributed by atoms with Crippen LogP contribution in [0.4, 0.5) is 0 Å². The quantitative estimate of drug-likeness (QED) is 0.829. The highest BCUT2D eigenvalue weighted by atomic mass is 16.2. The van der Waals surface area contributed by atoms with Crippen LogP contribution in [0.3, 0.4) is 0 Å². The molecule has 0 aliphatic carbocycles. The number of amides is 1. The lowest BCUT2D eigenvalue weighted by molar-refractivity contribution is -0.128. The lowest BCUT2D eigenvalue weighted by Crippen LogP contribution is -2.34. The summed E-state index contributed by atoms with van der Waals surface area (Å²) in [4.78, 5) is 11.7. The number of nitrogens with zero attached hydrogens (tertiary/aromatic N) is 2. The standard InChI is InChI=1S/C12H21N3O/c1-8-10(9(2)15(6)14-8)7-13-11(16)12(3,4)5/h7H2,1-6H3,(H,13,16). The van der Waals surface area contributed by atoms with Gasteiger partial charge in [-0.3, -0.25) is 9.48 Å². The molecule has 0 aliphatic heterocycles. The minimum absolute atomic E-state index is 0.0650. The summed E-state index contributed by atoms with van der Waals surface area (Å²) in [6.45, 7) is 10.3. The van der Waals surface area contributed by atoms with Crippen molar-refractivity contribution in [3.8, 4) is 0 Å². The number of carbonyl (C=O) groups is 1. The summed E-state index contributed by atoms with van der Waals surface area (Å²) in [6, 6.07) is 0. The number of rotatable bonds is 2. The first-order chi connectivity index (χ1) is 7.23. The molecule has 0 saturated heterocycles. The number of hydrogen-bond donors (Lipinski definition) is 1. The van der Waals surface area contributed by atoms with Crippen molar-refractivity contribution in [3.05, 3.63) is 17.0 Å². The molecule has 0 spiro atoms. The van der Waals surface area contributed by atoms with Gasteiger partial charge in [0.15, 0.2) is 0 Å². The van der Waals surface area contributed by atoms with Crippen molar-refractivity contribution in [1.82, 2.24) is 15.1 Å². The van der Waals surface area contributed by atoms with Crippen molar-refractivity contribution >= 4 is 5.91 Å². The van der Waals surface area contributed by atoms with Gasteiger partial charge >= 0.3 is 0 Å². The fourth-order valence-electron chi connectivity index (χ4n) is 1.51. The predicted molar refractivity (Wildman–Crippen MR) is 64.0 cm³/mol. The van der Waals surface area contributed by atoms with E-state index in [2.05, 4.69) is 10.4 Å². The van der Waals surface area contributed by atoms with Gasteiger partial charge < -0.3 is 5.32 Å². The first kappa shape index (κ1) is 12.7. The Morgan fingerprint density at radius 1 is 1.38 bits per heavy atom. The Bertz CT molecular complexity index is 399. The summed E-state index contributed by atoms with van der Waals surface area (Å²) in [5.74, 6) is 0.0650. The molecule has 16 heavy (non-hydrogen) atoms. The molecular weight excluding hydrogens is 202 g/mol. The number of aryl methyl sites for hydroxylation is 2. The summed E-state index contributed by atoms with van der Waals surface area (Å²) in [5.41, 5.74) is 2.85. The third-order valence-electron chi connectivity index (χ3n) is 2.77. The Balaban J connectivity index is 2.72. The maximum absolute atomic E-state index is 11.7. The lowest BCUT2D eigenvalue weighted by atomic mass is 9.95. The average Bonchev–Trinajstić information content (AvgIpc) is 2.37. The van der Waals surface area contributed by atoms with Crippen molar-refractivity contribution in [2.45, 2.75) is 41.2 Å². The zero-order chi connectivity index (χ0) is 12.5. The first-order valence-corrected chi connectivity index (χ1v) is 5.51. The van der Waals surface area contributed by atoms with E-state index in [1.54, 1.807) is 0 Å². The Morgan fingerprint density at radius 3 is 2.31 bits per heavy atom. The van der Waals surface area contributed by atoms with Crippen molar-refractivity contribution in [2.75, 3.05) is 0 Å². The molecule has 1 N–H and O–H groups in total. The van der Waals surface area contributed by atoms with E-state index < -0.39 is 0 Å². The van der Waals surface area contributed by atoms with E-state index >= 15 is 0 Å². The maximum Gasteiger partial charge on any atom is 0.225 e. The molecule has 0 radical (unpaired) electrons. The van der Waals surface area contributed by atoms with Gasteiger partial charge in [0.05, 0.1) is 5.69 Å². The van der Waals surface area contributed by atoms with E-state index in [9.17, 15) is 4.79 Å². The summed E-state index contributed by atoms with van der Waals surface area (Å²) in [7, 11) is 1.91. The molecule has 4 heteroatoms. The summed E-state index contributed by atoms with van der Waals surface area (Å²) < 4.78 is 1.84. The molecule has 4 nitrogen and oxygen atoms in total. The molecule has 0 saturated carbocycles. The number of carbonyl (C=O) groups excluding carboxylic acids is 1. The zero-order valence-electron chi connectivity index (χ0n) is 11.0. The van der Waals surface area contributed by atoms with Crippen LogP contribution in [-0.2, 0) is 18.4 Å². The SMILES string of the molecule is Cc1nn(C)c(C)c1CNC(=O)C(C)(C)C. The molecule has 1 rings (SSSR count). The van der Waals surface area contributed by atoms with Crippen LogP contribution in [0.2, 0.25) is 0 Å². The number of nitrogens with one attached hydrogen (secondary N) is 1. The molecule has 0 fully saturated rings. The third-order valence-corrected chi connectivity index (χ3v) is 2.77. The van der Waals surface area contributed by atoms with Gasteiger partial charge in [0, 0.05) is 30.3 Å². The largest absolute Gasteiger partial charge is 0.351 e. The molecule has 0 aromatic carbocycles. The van der Waals surface area contributed by atoms with Gasteiger partial charge in [-0.05, 0) is 13.8 Å². The topological polar surface area (TPSA) is 46.9 Å². The zero-order valence-corrected chi connectivity index (χ0v) is 11.0. The van der Waals surface area contributed by atoms with Gasteiger partial charge in [0.2, 0.25) is 5.91 Å². The molecule has 0 bridgehead atoms. The highest BCUT2D eigenvalue weighted by molar-refractivity contribution is 5.81. The summed E-state index contributed by atoms with van der Waals surface area (Å²) >= 11 is 0. The van der Waals surface area contributed by atoms with Gasteiger partial charge in [-0.15, -0.1) is 0 Å². The summed E-state index contributed by atoms with van der Waals surface area (Å²) in [6.07, 6.45) is 0. The van der Waals surface area contributed by atoms with Crippen LogP contribution in [0.25, 0.3) is 0 Å². The van der Waals surface area contributed by atoms with Crippen LogP contribution < -0.4 is 5.32 Å². The lowest BCUT2D eigenvalue weighted by Gasteiger charge is -2.17. The van der Waals surface area contributed by atoms with Crippen LogP contribution in [0.1, 0.15) is 37.7 Å². The van der Waals surface area contributed by atoms with Crippen LogP contribution in [-0.4, -0.2) is 15.7 Å². The molecule has 1 heterocycles. The van der Waals surface area contributed by atoms with Gasteiger partial charge in [0.25, 0.3) is 0 Å². The number of aromatic nitrogens is 2. The molecule has 1 aromatic rings. The predicted octanol–water partition coefficient (Wildman–Crippen LogP) is 1.70. The van der Waals surface area contributed by atoms with E-state index in [1.807, 2.05) is 46.3 Å². The number of hydrogen-bond acceptors (Lipinski definition) is 2. The summed E-state index contributed by atoms with van der Waals surface area (Å²) in [5, 5.41) is 7.26. The first-order valence-electron chi connectivity index (χ1n) is 5.51. The van der Waals surface area contributed by atoms with Gasteiger partial charge in [-0.2, -0.15) is 5.10 Å². The molecule has 1 amide bonds. The molecule has 0 unspecified atom stereocenters. The normalized spacial score (nSPS) is 11.6. The Morgan fingerprint density at radius 2 is 1.94 bits per heavy atom. The molecular formula is C12H21N3O. The minimum Gasteiger partial charge on any atom is -0.351 e. The van der Waals surface area contributed by atoms with Gasteiger partial charge in [-0.1, -0.05) is 20.8 Å². The van der Waals surface area contributed by atoms with Crippen molar-refractivity contribution < 1.29 is 4.79 Å². The maximum atomic E-state index is 11.7. The Hall–Kier alpha value is -1.32. The highest BCUT2D eigenvalue weighted by Crippen LogP contribution is 2.15. The molecule has 0 aliphatic rings. The van der Waals surface area contributed by atoms with Crippen LogP contribution in [0.5, 0.6) is 0 Å². The van der Waals surface area contributed by atoms with E-state index in [0.717, 1.165) is 17.0 Å². The van der Waals surface area contributed by atoms with E-state index in [-0.39, 0.29) is 11.3 Å². The second-order valence-electron chi connectivity index (χ2n) is 5.21. The van der Waals surface area contributed by atoms with Crippen molar-refractivity contribution in [1.29, 1.82) is 0 Å². The van der Waals surface area contributed by atoms with Gasteiger partial charge in [-0.25, -0.2) is 0 Å². The third kappa shape index (κ3) is 2.62. The molecule has 0 atom stereocenters. The minimum atomic E-state index is -0.343. The monoisotopic (exact) mass is 223 g/mol. The van der Waals surface area contributed by atoms with Gasteiger partial charge in [0.1, 0.15) is 0 Å². The van der Waals surface area contributed by atoms with E-state index in [1.165, 1.54) is 0 Å².